The Balaban J connectivity index is 2.08. The van der Waals surface area contributed by atoms with Crippen molar-refractivity contribution in [3.63, 3.8) is 0 Å². The molecule has 1 aliphatic heterocycles. The predicted molar refractivity (Wildman–Crippen MR) is 79.1 cm³/mol. The van der Waals surface area contributed by atoms with E-state index in [-0.39, 0.29) is 0 Å². The van der Waals surface area contributed by atoms with Crippen molar-refractivity contribution in [2.45, 2.75) is 30.9 Å². The van der Waals surface area contributed by atoms with Gasteiger partial charge in [-0.3, -0.25) is 0 Å². The fourth-order valence-electron chi connectivity index (χ4n) is 2.44. The van der Waals surface area contributed by atoms with Crippen molar-refractivity contribution in [3.8, 4) is 0 Å². The lowest BCUT2D eigenvalue weighted by Crippen LogP contribution is -2.42. The summed E-state index contributed by atoms with van der Waals surface area (Å²) >= 11 is 1.36. The Hall–Kier alpha value is -0.430. The van der Waals surface area contributed by atoms with Gasteiger partial charge < -0.3 is 5.32 Å². The lowest BCUT2D eigenvalue weighted by atomic mass is 10.00. The Labute approximate surface area is 119 Å². The summed E-state index contributed by atoms with van der Waals surface area (Å²) < 4.78 is 27.2. The fourth-order valence-corrected chi connectivity index (χ4v) is 5.43. The van der Waals surface area contributed by atoms with Crippen LogP contribution in [0, 0.1) is 12.8 Å². The van der Waals surface area contributed by atoms with Gasteiger partial charge in [-0.2, -0.15) is 4.31 Å². The smallest absolute Gasteiger partial charge is 0.252 e. The third-order valence-electron chi connectivity index (χ3n) is 3.47. The number of rotatable bonds is 5. The van der Waals surface area contributed by atoms with Gasteiger partial charge in [0.1, 0.15) is 4.21 Å². The molecule has 4 nitrogen and oxygen atoms in total. The maximum absolute atomic E-state index is 12.5. The number of sulfonamides is 1. The summed E-state index contributed by atoms with van der Waals surface area (Å²) in [6, 6.07) is 3.60. The van der Waals surface area contributed by atoms with Crippen LogP contribution in [-0.2, 0) is 10.0 Å². The molecule has 0 amide bonds. The second-order valence-corrected chi connectivity index (χ2v) is 8.50. The highest BCUT2D eigenvalue weighted by Gasteiger charge is 2.30. The first-order valence-corrected chi connectivity index (χ1v) is 9.07. The van der Waals surface area contributed by atoms with E-state index in [1.165, 1.54) is 11.3 Å². The molecule has 0 aromatic carbocycles. The van der Waals surface area contributed by atoms with Crippen LogP contribution in [0.25, 0.3) is 0 Å². The van der Waals surface area contributed by atoms with Crippen molar-refractivity contribution < 1.29 is 8.42 Å². The zero-order valence-electron chi connectivity index (χ0n) is 11.6. The molecule has 1 saturated heterocycles. The van der Waals surface area contributed by atoms with Gasteiger partial charge in [0.2, 0.25) is 0 Å². The van der Waals surface area contributed by atoms with Gasteiger partial charge in [0.05, 0.1) is 0 Å². The third-order valence-corrected chi connectivity index (χ3v) is 6.81. The highest BCUT2D eigenvalue weighted by atomic mass is 32.2. The number of hydrogen-bond acceptors (Lipinski definition) is 4. The normalized spacial score (nSPS) is 21.7. The lowest BCUT2D eigenvalue weighted by molar-refractivity contribution is 0.261. The van der Waals surface area contributed by atoms with Gasteiger partial charge in [0, 0.05) is 18.0 Å². The van der Waals surface area contributed by atoms with Crippen LogP contribution < -0.4 is 5.32 Å². The second-order valence-electron chi connectivity index (χ2n) is 5.04. The Morgan fingerprint density at radius 2 is 2.26 bits per heavy atom. The minimum Gasteiger partial charge on any atom is -0.317 e. The van der Waals surface area contributed by atoms with Crippen molar-refractivity contribution in [2.75, 3.05) is 26.2 Å². The number of hydrogen-bond donors (Lipinski definition) is 1. The third kappa shape index (κ3) is 3.56. The van der Waals surface area contributed by atoms with Gasteiger partial charge in [-0.1, -0.05) is 6.92 Å². The average molecular weight is 302 g/mol. The van der Waals surface area contributed by atoms with E-state index in [0.29, 0.717) is 23.2 Å². The molecule has 0 saturated carbocycles. The van der Waals surface area contributed by atoms with E-state index < -0.39 is 10.0 Å². The Morgan fingerprint density at radius 1 is 1.47 bits per heavy atom. The Kier molecular flexibility index (Phi) is 5.00. The molecule has 1 fully saturated rings. The molecule has 1 atom stereocenters. The Bertz CT molecular complexity index is 510. The average Bonchev–Trinajstić information content (AvgIpc) is 2.84. The number of piperidine rings is 1. The van der Waals surface area contributed by atoms with Gasteiger partial charge in [-0.05, 0) is 50.9 Å². The summed E-state index contributed by atoms with van der Waals surface area (Å²) in [6.07, 6.45) is 2.07. The molecule has 1 unspecified atom stereocenters. The first-order chi connectivity index (χ1) is 9.04. The van der Waals surface area contributed by atoms with Crippen LogP contribution in [0.1, 0.15) is 24.6 Å². The summed E-state index contributed by atoms with van der Waals surface area (Å²) in [5.74, 6) is 0.435. The summed E-state index contributed by atoms with van der Waals surface area (Å²) in [6.45, 7) is 7.16. The van der Waals surface area contributed by atoms with E-state index in [0.717, 1.165) is 30.8 Å². The van der Waals surface area contributed by atoms with E-state index in [1.807, 2.05) is 13.0 Å². The molecular formula is C13H22N2O2S2. The molecule has 2 rings (SSSR count). The molecule has 2 heterocycles. The first-order valence-electron chi connectivity index (χ1n) is 6.81. The standard InChI is InChI=1S/C13H22N2O2S2/c1-3-14-9-12-5-4-8-15(10-12)19(16,17)13-7-6-11(2)18-13/h6-7,12,14H,3-5,8-10H2,1-2H3. The largest absolute Gasteiger partial charge is 0.317 e. The molecule has 19 heavy (non-hydrogen) atoms. The van der Waals surface area contributed by atoms with Crippen LogP contribution in [0.4, 0.5) is 0 Å². The van der Waals surface area contributed by atoms with Gasteiger partial charge in [0.25, 0.3) is 10.0 Å². The summed E-state index contributed by atoms with van der Waals surface area (Å²) in [5, 5.41) is 3.31. The van der Waals surface area contributed by atoms with Crippen molar-refractivity contribution in [1.29, 1.82) is 0 Å². The van der Waals surface area contributed by atoms with Crippen molar-refractivity contribution in [1.82, 2.24) is 9.62 Å². The number of nitrogens with one attached hydrogen (secondary N) is 1. The molecule has 1 aromatic rings. The van der Waals surface area contributed by atoms with E-state index in [2.05, 4.69) is 12.2 Å². The van der Waals surface area contributed by atoms with Gasteiger partial charge in [-0.25, -0.2) is 8.42 Å². The molecule has 0 bridgehead atoms. The number of aryl methyl sites for hydroxylation is 1. The fraction of sp³-hybridized carbons (Fsp3) is 0.692. The van der Waals surface area contributed by atoms with Gasteiger partial charge >= 0.3 is 0 Å². The van der Waals surface area contributed by atoms with E-state index in [9.17, 15) is 8.42 Å². The quantitative estimate of drug-likeness (QED) is 0.906. The van der Waals surface area contributed by atoms with Crippen molar-refractivity contribution in [2.24, 2.45) is 5.92 Å². The van der Waals surface area contributed by atoms with Crippen molar-refractivity contribution in [3.05, 3.63) is 17.0 Å². The van der Waals surface area contributed by atoms with E-state index in [1.54, 1.807) is 10.4 Å². The summed E-state index contributed by atoms with van der Waals surface area (Å²) in [4.78, 5) is 1.04. The molecule has 6 heteroatoms. The predicted octanol–water partition coefficient (Wildman–Crippen LogP) is 2.07. The van der Waals surface area contributed by atoms with Crippen LogP contribution >= 0.6 is 11.3 Å². The van der Waals surface area contributed by atoms with Crippen LogP contribution in [0.2, 0.25) is 0 Å². The van der Waals surface area contributed by atoms with Gasteiger partial charge in [0.15, 0.2) is 0 Å². The topological polar surface area (TPSA) is 49.4 Å². The molecule has 0 aliphatic carbocycles. The first kappa shape index (κ1) is 15.0. The summed E-state index contributed by atoms with van der Waals surface area (Å²) in [7, 11) is -3.28. The molecule has 0 radical (unpaired) electrons. The Morgan fingerprint density at radius 3 is 2.89 bits per heavy atom. The monoisotopic (exact) mass is 302 g/mol. The molecular weight excluding hydrogens is 280 g/mol. The van der Waals surface area contributed by atoms with Crippen LogP contribution in [0.5, 0.6) is 0 Å². The van der Waals surface area contributed by atoms with E-state index >= 15 is 0 Å². The number of thiophene rings is 1. The maximum atomic E-state index is 12.5. The molecule has 108 valence electrons. The SMILES string of the molecule is CCNCC1CCCN(S(=O)(=O)c2ccc(C)s2)C1. The lowest BCUT2D eigenvalue weighted by Gasteiger charge is -2.31. The van der Waals surface area contributed by atoms with Crippen LogP contribution in [0.15, 0.2) is 16.3 Å². The highest BCUT2D eigenvalue weighted by molar-refractivity contribution is 7.91. The molecule has 1 aliphatic rings. The zero-order valence-corrected chi connectivity index (χ0v) is 13.2. The number of nitrogens with zero attached hydrogens (tertiary/aromatic N) is 1. The zero-order chi connectivity index (χ0) is 13.9. The minimum absolute atomic E-state index is 0.435. The van der Waals surface area contributed by atoms with Gasteiger partial charge in [-0.15, -0.1) is 11.3 Å². The minimum atomic E-state index is -3.28. The summed E-state index contributed by atoms with van der Waals surface area (Å²) in [5.41, 5.74) is 0. The second kappa shape index (κ2) is 6.35. The molecule has 0 spiro atoms. The highest BCUT2D eigenvalue weighted by Crippen LogP contribution is 2.27. The molecule has 1 aromatic heterocycles. The molecule has 1 N–H and O–H groups in total. The van der Waals surface area contributed by atoms with Crippen LogP contribution in [0.3, 0.4) is 0 Å². The van der Waals surface area contributed by atoms with E-state index in [4.69, 9.17) is 0 Å². The maximum Gasteiger partial charge on any atom is 0.252 e. The van der Waals surface area contributed by atoms with Crippen LogP contribution in [-0.4, -0.2) is 38.9 Å². The van der Waals surface area contributed by atoms with Crippen molar-refractivity contribution >= 4 is 21.4 Å².